The van der Waals surface area contributed by atoms with Crippen molar-refractivity contribution in [3.8, 4) is 17.2 Å². The molecule has 4 aromatic rings. The number of aryl methyl sites for hydroxylation is 1. The number of anilines is 2. The highest BCUT2D eigenvalue weighted by molar-refractivity contribution is 7.80. The summed E-state index contributed by atoms with van der Waals surface area (Å²) in [7, 11) is 3.02. The van der Waals surface area contributed by atoms with Gasteiger partial charge < -0.3 is 34.7 Å². The van der Waals surface area contributed by atoms with E-state index in [1.165, 1.54) is 7.11 Å². The van der Waals surface area contributed by atoms with Crippen LogP contribution in [0.3, 0.4) is 0 Å². The van der Waals surface area contributed by atoms with Crippen molar-refractivity contribution < 1.29 is 19.4 Å². The highest BCUT2D eigenvalue weighted by Gasteiger charge is 2.42. The molecule has 1 amide bonds. The van der Waals surface area contributed by atoms with Crippen molar-refractivity contribution in [3.05, 3.63) is 95.6 Å². The molecule has 1 aliphatic rings. The van der Waals surface area contributed by atoms with Gasteiger partial charge in [0.25, 0.3) is 0 Å². The quantitative estimate of drug-likeness (QED) is 0.261. The summed E-state index contributed by atoms with van der Waals surface area (Å²) in [5.41, 5.74) is 5.76. The molecule has 1 saturated heterocycles. The second-order valence-electron chi connectivity index (χ2n) is 9.51. The van der Waals surface area contributed by atoms with Crippen LogP contribution in [0.1, 0.15) is 34.7 Å². The molecular weight excluding hydrogens is 526 g/mol. The van der Waals surface area contributed by atoms with E-state index in [1.54, 1.807) is 31.5 Å². The van der Waals surface area contributed by atoms with E-state index in [2.05, 4.69) is 21.7 Å². The van der Waals surface area contributed by atoms with Gasteiger partial charge in [-0.1, -0.05) is 18.2 Å². The van der Waals surface area contributed by atoms with Crippen molar-refractivity contribution in [1.29, 1.82) is 0 Å². The first-order valence-electron chi connectivity index (χ1n) is 12.8. The molecule has 10 heteroatoms. The lowest BCUT2D eigenvalue weighted by Gasteiger charge is -2.29. The molecule has 0 spiro atoms. The fourth-order valence-electron chi connectivity index (χ4n) is 5.32. The van der Waals surface area contributed by atoms with Gasteiger partial charge in [0, 0.05) is 30.4 Å². The predicted molar refractivity (Wildman–Crippen MR) is 158 cm³/mol. The number of carbonyl (C=O) groups is 1. The van der Waals surface area contributed by atoms with Crippen molar-refractivity contribution in [2.45, 2.75) is 25.9 Å². The SMILES string of the molecule is COCC(=O)Nc1cc(N2C(=S)N[C@@H](c3ccccn3)[C@@H]2c2cc(C)n(-c3ccccc3O)c2C)ccc1OC. The number of ether oxygens (including phenoxy) is 2. The summed E-state index contributed by atoms with van der Waals surface area (Å²) in [5.74, 6) is 0.414. The molecule has 3 heterocycles. The van der Waals surface area contributed by atoms with Crippen molar-refractivity contribution >= 4 is 34.6 Å². The van der Waals surface area contributed by atoms with Crippen molar-refractivity contribution in [3.63, 3.8) is 0 Å². The Labute approximate surface area is 238 Å². The first-order chi connectivity index (χ1) is 19.3. The molecule has 2 atom stereocenters. The Hall–Kier alpha value is -4.41. The van der Waals surface area contributed by atoms with Crippen LogP contribution in [0, 0.1) is 13.8 Å². The normalized spacial score (nSPS) is 16.6. The Morgan fingerprint density at radius 3 is 2.58 bits per heavy atom. The molecule has 9 nitrogen and oxygen atoms in total. The van der Waals surface area contributed by atoms with E-state index in [0.717, 1.165) is 28.3 Å². The van der Waals surface area contributed by atoms with Gasteiger partial charge in [0.1, 0.15) is 18.1 Å². The summed E-state index contributed by atoms with van der Waals surface area (Å²) in [4.78, 5) is 19.1. The lowest BCUT2D eigenvalue weighted by Crippen LogP contribution is -2.29. The van der Waals surface area contributed by atoms with Crippen LogP contribution in [0.5, 0.6) is 11.5 Å². The number of aromatic hydroxyl groups is 1. The van der Waals surface area contributed by atoms with Crippen LogP contribution in [0.4, 0.5) is 11.4 Å². The van der Waals surface area contributed by atoms with Gasteiger partial charge in [-0.05, 0) is 80.2 Å². The number of rotatable bonds is 8. The second kappa shape index (κ2) is 11.4. The molecule has 1 fully saturated rings. The number of pyridine rings is 1. The van der Waals surface area contributed by atoms with Crippen LogP contribution in [0.2, 0.25) is 0 Å². The van der Waals surface area contributed by atoms with E-state index in [0.29, 0.717) is 22.2 Å². The molecule has 0 bridgehead atoms. The summed E-state index contributed by atoms with van der Waals surface area (Å²) in [6.07, 6.45) is 1.77. The minimum atomic E-state index is -0.297. The van der Waals surface area contributed by atoms with Gasteiger partial charge in [0.2, 0.25) is 5.91 Å². The number of hydrogen-bond donors (Lipinski definition) is 3. The van der Waals surface area contributed by atoms with E-state index < -0.39 is 0 Å². The molecule has 3 N–H and O–H groups in total. The average molecular weight is 558 g/mol. The average Bonchev–Trinajstić information content (AvgIpc) is 3.44. The first kappa shape index (κ1) is 27.2. The predicted octanol–water partition coefficient (Wildman–Crippen LogP) is 4.97. The topological polar surface area (TPSA) is 101 Å². The number of para-hydroxylation sites is 2. The molecular formula is C30H31N5O4S. The van der Waals surface area contributed by atoms with Gasteiger partial charge in [-0.2, -0.15) is 0 Å². The Morgan fingerprint density at radius 2 is 1.88 bits per heavy atom. The van der Waals surface area contributed by atoms with E-state index in [4.69, 9.17) is 21.7 Å². The summed E-state index contributed by atoms with van der Waals surface area (Å²) < 4.78 is 12.5. The van der Waals surface area contributed by atoms with Crippen LogP contribution in [0.15, 0.2) is 72.9 Å². The third-order valence-corrected chi connectivity index (χ3v) is 7.33. The van der Waals surface area contributed by atoms with Crippen LogP contribution in [-0.4, -0.2) is 46.5 Å². The lowest BCUT2D eigenvalue weighted by atomic mass is 9.96. The standard InChI is InChI=1S/C30H31N5O4S/c1-18-15-21(19(2)34(18)24-10-5-6-11-25(24)36)29-28(22-9-7-8-14-31-22)33-30(40)35(29)20-12-13-26(39-4)23(16-20)32-27(37)17-38-3/h5-16,28-29,36H,17H2,1-4H3,(H,32,37)(H,33,40)/t28-,29-/m0/s1. The minimum absolute atomic E-state index is 0.0836. The summed E-state index contributed by atoms with van der Waals surface area (Å²) in [5, 5.41) is 17.5. The van der Waals surface area contributed by atoms with Gasteiger partial charge in [-0.15, -0.1) is 0 Å². The molecule has 0 saturated carbocycles. The number of thiocarbonyl (C=S) groups is 1. The number of nitrogens with zero attached hydrogens (tertiary/aromatic N) is 3. The van der Waals surface area contributed by atoms with Crippen LogP contribution in [-0.2, 0) is 9.53 Å². The number of phenols is 1. The minimum Gasteiger partial charge on any atom is -0.506 e. The third kappa shape index (κ3) is 4.99. The molecule has 206 valence electrons. The number of phenolic OH excluding ortho intramolecular Hbond substituents is 1. The zero-order valence-corrected chi connectivity index (χ0v) is 23.5. The highest BCUT2D eigenvalue weighted by atomic mass is 32.1. The van der Waals surface area contributed by atoms with E-state index in [-0.39, 0.29) is 30.3 Å². The smallest absolute Gasteiger partial charge is 0.250 e. The van der Waals surface area contributed by atoms with Crippen molar-refractivity contribution in [2.24, 2.45) is 0 Å². The summed E-state index contributed by atoms with van der Waals surface area (Å²) in [6, 6.07) is 20.2. The molecule has 40 heavy (non-hydrogen) atoms. The van der Waals surface area contributed by atoms with E-state index >= 15 is 0 Å². The van der Waals surface area contributed by atoms with Crippen molar-refractivity contribution in [1.82, 2.24) is 14.9 Å². The number of carbonyl (C=O) groups excluding carboxylic acids is 1. The second-order valence-corrected chi connectivity index (χ2v) is 9.90. The van der Waals surface area contributed by atoms with Crippen LogP contribution >= 0.6 is 12.2 Å². The monoisotopic (exact) mass is 557 g/mol. The number of nitrogens with one attached hydrogen (secondary N) is 2. The maximum Gasteiger partial charge on any atom is 0.250 e. The summed E-state index contributed by atoms with van der Waals surface area (Å²) in [6.45, 7) is 3.97. The first-order valence-corrected chi connectivity index (χ1v) is 13.2. The molecule has 0 aliphatic carbocycles. The Kier molecular flexibility index (Phi) is 7.72. The van der Waals surface area contributed by atoms with Gasteiger partial charge in [-0.3, -0.25) is 9.78 Å². The van der Waals surface area contributed by atoms with Gasteiger partial charge in [-0.25, -0.2) is 0 Å². The van der Waals surface area contributed by atoms with Gasteiger partial charge in [0.05, 0.1) is 36.3 Å². The number of benzene rings is 2. The molecule has 2 aromatic carbocycles. The molecule has 2 aromatic heterocycles. The molecule has 5 rings (SSSR count). The zero-order chi connectivity index (χ0) is 28.4. The number of amides is 1. The van der Waals surface area contributed by atoms with Crippen LogP contribution < -0.4 is 20.3 Å². The Bertz CT molecular complexity index is 1560. The largest absolute Gasteiger partial charge is 0.506 e. The van der Waals surface area contributed by atoms with Crippen LogP contribution in [0.25, 0.3) is 5.69 Å². The lowest BCUT2D eigenvalue weighted by molar-refractivity contribution is -0.119. The Morgan fingerprint density at radius 1 is 1.10 bits per heavy atom. The molecule has 0 radical (unpaired) electrons. The highest BCUT2D eigenvalue weighted by Crippen LogP contribution is 2.45. The number of hydrogen-bond acceptors (Lipinski definition) is 6. The fraction of sp³-hybridized carbons (Fsp3) is 0.233. The zero-order valence-electron chi connectivity index (χ0n) is 22.7. The van der Waals surface area contributed by atoms with Gasteiger partial charge in [0.15, 0.2) is 5.11 Å². The molecule has 1 aliphatic heterocycles. The number of methoxy groups -OCH3 is 2. The van der Waals surface area contributed by atoms with Gasteiger partial charge >= 0.3 is 0 Å². The van der Waals surface area contributed by atoms with E-state index in [9.17, 15) is 9.90 Å². The maximum absolute atomic E-state index is 12.4. The fourth-order valence-corrected chi connectivity index (χ4v) is 5.67. The maximum atomic E-state index is 12.4. The summed E-state index contributed by atoms with van der Waals surface area (Å²) >= 11 is 5.91. The Balaban J connectivity index is 1.66. The molecule has 0 unspecified atom stereocenters. The third-order valence-electron chi connectivity index (χ3n) is 7.02. The van der Waals surface area contributed by atoms with E-state index in [1.807, 2.05) is 65.8 Å². The van der Waals surface area contributed by atoms with Crippen molar-refractivity contribution in [2.75, 3.05) is 31.0 Å². The number of aromatic nitrogens is 2.